The third kappa shape index (κ3) is 2.56. The van der Waals surface area contributed by atoms with Crippen LogP contribution < -0.4 is 4.74 Å². The number of pyridine rings is 1. The fraction of sp³-hybridized carbons (Fsp3) is 0.273. The Hall–Kier alpha value is -1.84. The van der Waals surface area contributed by atoms with E-state index in [1.807, 2.05) is 6.08 Å². The monoisotopic (exact) mass is 204 g/mol. The number of rotatable bonds is 1. The van der Waals surface area contributed by atoms with Gasteiger partial charge in [0.1, 0.15) is 0 Å². The average Bonchev–Trinajstić information content (AvgIpc) is 2.31. The Morgan fingerprint density at radius 2 is 2.40 bits per heavy atom. The molecule has 2 rings (SSSR count). The second-order valence-electron chi connectivity index (χ2n) is 3.26. The summed E-state index contributed by atoms with van der Waals surface area (Å²) in [5, 5.41) is 0. The molecular weight excluding hydrogens is 192 g/mol. The molecule has 78 valence electrons. The summed E-state index contributed by atoms with van der Waals surface area (Å²) in [5.74, 6) is 0.483. The highest BCUT2D eigenvalue weighted by Crippen LogP contribution is 2.10. The lowest BCUT2D eigenvalue weighted by atomic mass is 10.3. The van der Waals surface area contributed by atoms with Gasteiger partial charge in [-0.25, -0.2) is 4.79 Å². The maximum atomic E-state index is 11.6. The summed E-state index contributed by atoms with van der Waals surface area (Å²) in [6.07, 6.45) is 7.77. The highest BCUT2D eigenvalue weighted by atomic mass is 16.6. The van der Waals surface area contributed by atoms with E-state index in [0.29, 0.717) is 12.3 Å². The van der Waals surface area contributed by atoms with Crippen molar-refractivity contribution in [1.82, 2.24) is 9.88 Å². The Balaban J connectivity index is 1.95. The molecule has 0 unspecified atom stereocenters. The molecule has 0 saturated carbocycles. The Morgan fingerprint density at radius 1 is 1.47 bits per heavy atom. The van der Waals surface area contributed by atoms with Crippen LogP contribution in [0.1, 0.15) is 6.42 Å². The van der Waals surface area contributed by atoms with Crippen LogP contribution in [0.25, 0.3) is 0 Å². The normalized spacial score (nSPS) is 15.1. The molecule has 0 saturated heterocycles. The van der Waals surface area contributed by atoms with E-state index in [2.05, 4.69) is 11.1 Å². The van der Waals surface area contributed by atoms with E-state index in [1.54, 1.807) is 23.2 Å². The molecule has 2 heterocycles. The Labute approximate surface area is 88.2 Å². The van der Waals surface area contributed by atoms with Crippen LogP contribution in [-0.2, 0) is 0 Å². The van der Waals surface area contributed by atoms with Gasteiger partial charge in [0, 0.05) is 19.3 Å². The SMILES string of the molecule is O=C(Oc1cccnc1)N1CC=CCC1. The number of nitrogens with zero attached hydrogens (tertiary/aromatic N) is 2. The molecule has 0 aromatic carbocycles. The molecule has 1 aromatic heterocycles. The molecule has 0 fully saturated rings. The fourth-order valence-electron chi connectivity index (χ4n) is 1.38. The lowest BCUT2D eigenvalue weighted by molar-refractivity contribution is 0.156. The van der Waals surface area contributed by atoms with Crippen LogP contribution >= 0.6 is 0 Å². The zero-order valence-corrected chi connectivity index (χ0v) is 8.30. The quantitative estimate of drug-likeness (QED) is 0.655. The van der Waals surface area contributed by atoms with Gasteiger partial charge in [-0.1, -0.05) is 12.2 Å². The Morgan fingerprint density at radius 3 is 3.07 bits per heavy atom. The lowest BCUT2D eigenvalue weighted by Crippen LogP contribution is -2.35. The van der Waals surface area contributed by atoms with Crippen molar-refractivity contribution in [2.75, 3.05) is 13.1 Å². The maximum absolute atomic E-state index is 11.6. The number of carbonyl (C=O) groups is 1. The predicted molar refractivity (Wildman–Crippen MR) is 55.6 cm³/mol. The molecule has 1 amide bonds. The third-order valence-corrected chi connectivity index (χ3v) is 2.16. The zero-order valence-electron chi connectivity index (χ0n) is 8.30. The summed E-state index contributed by atoms with van der Waals surface area (Å²) in [6, 6.07) is 3.45. The van der Waals surface area contributed by atoms with E-state index < -0.39 is 0 Å². The zero-order chi connectivity index (χ0) is 10.5. The van der Waals surface area contributed by atoms with E-state index in [1.165, 1.54) is 6.20 Å². The van der Waals surface area contributed by atoms with Crippen LogP contribution in [-0.4, -0.2) is 29.1 Å². The molecule has 4 heteroatoms. The molecule has 0 N–H and O–H groups in total. The van der Waals surface area contributed by atoms with Gasteiger partial charge >= 0.3 is 6.09 Å². The highest BCUT2D eigenvalue weighted by Gasteiger charge is 2.15. The van der Waals surface area contributed by atoms with Crippen molar-refractivity contribution in [2.24, 2.45) is 0 Å². The second-order valence-corrected chi connectivity index (χ2v) is 3.26. The van der Waals surface area contributed by atoms with Gasteiger partial charge in [0.15, 0.2) is 5.75 Å². The summed E-state index contributed by atoms with van der Waals surface area (Å²) in [7, 11) is 0. The van der Waals surface area contributed by atoms with Crippen molar-refractivity contribution in [2.45, 2.75) is 6.42 Å². The summed E-state index contributed by atoms with van der Waals surface area (Å²) >= 11 is 0. The van der Waals surface area contributed by atoms with E-state index in [0.717, 1.165) is 13.0 Å². The molecule has 4 nitrogen and oxygen atoms in total. The van der Waals surface area contributed by atoms with Gasteiger partial charge in [-0.05, 0) is 18.6 Å². The van der Waals surface area contributed by atoms with Gasteiger partial charge in [-0.2, -0.15) is 0 Å². The minimum atomic E-state index is -0.313. The molecule has 0 radical (unpaired) electrons. The van der Waals surface area contributed by atoms with Crippen LogP contribution in [0.3, 0.4) is 0 Å². The molecule has 0 atom stereocenters. The fourth-order valence-corrected chi connectivity index (χ4v) is 1.38. The smallest absolute Gasteiger partial charge is 0.409 e. The molecule has 0 bridgehead atoms. The summed E-state index contributed by atoms with van der Waals surface area (Å²) in [4.78, 5) is 17.1. The van der Waals surface area contributed by atoms with Crippen molar-refractivity contribution >= 4 is 6.09 Å². The van der Waals surface area contributed by atoms with Crippen LogP contribution in [0.2, 0.25) is 0 Å². The first kappa shape index (κ1) is 9.71. The van der Waals surface area contributed by atoms with Gasteiger partial charge in [-0.15, -0.1) is 0 Å². The van der Waals surface area contributed by atoms with Crippen molar-refractivity contribution < 1.29 is 9.53 Å². The van der Waals surface area contributed by atoms with Gasteiger partial charge in [-0.3, -0.25) is 4.98 Å². The van der Waals surface area contributed by atoms with Gasteiger partial charge in [0.05, 0.1) is 6.20 Å². The van der Waals surface area contributed by atoms with Crippen LogP contribution in [0, 0.1) is 0 Å². The molecule has 15 heavy (non-hydrogen) atoms. The van der Waals surface area contributed by atoms with E-state index >= 15 is 0 Å². The standard InChI is InChI=1S/C11H12N2O2/c14-11(13-7-2-1-3-8-13)15-10-5-4-6-12-9-10/h1-2,4-6,9H,3,7-8H2. The third-order valence-electron chi connectivity index (χ3n) is 2.16. The second kappa shape index (κ2) is 4.59. The van der Waals surface area contributed by atoms with E-state index in [9.17, 15) is 4.79 Å². The number of aromatic nitrogens is 1. The minimum Gasteiger partial charge on any atom is -0.409 e. The molecule has 1 aromatic rings. The predicted octanol–water partition coefficient (Wildman–Crippen LogP) is 1.84. The molecule has 0 spiro atoms. The molecule has 1 aliphatic heterocycles. The first-order valence-electron chi connectivity index (χ1n) is 4.88. The van der Waals surface area contributed by atoms with Crippen molar-refractivity contribution in [3.63, 3.8) is 0 Å². The lowest BCUT2D eigenvalue weighted by Gasteiger charge is -2.22. The molecular formula is C11H12N2O2. The van der Waals surface area contributed by atoms with Crippen molar-refractivity contribution in [3.05, 3.63) is 36.7 Å². The van der Waals surface area contributed by atoms with E-state index in [4.69, 9.17) is 4.74 Å². The topological polar surface area (TPSA) is 42.4 Å². The van der Waals surface area contributed by atoms with Crippen molar-refractivity contribution in [1.29, 1.82) is 0 Å². The maximum Gasteiger partial charge on any atom is 0.415 e. The molecule has 0 aliphatic carbocycles. The summed E-state index contributed by atoms with van der Waals surface area (Å²) in [5.41, 5.74) is 0. The van der Waals surface area contributed by atoms with Gasteiger partial charge in [0.25, 0.3) is 0 Å². The van der Waals surface area contributed by atoms with Crippen molar-refractivity contribution in [3.8, 4) is 5.75 Å². The number of ether oxygens (including phenoxy) is 1. The van der Waals surface area contributed by atoms with Crippen LogP contribution in [0.4, 0.5) is 4.79 Å². The largest absolute Gasteiger partial charge is 0.415 e. The highest BCUT2D eigenvalue weighted by molar-refractivity contribution is 5.70. The average molecular weight is 204 g/mol. The van der Waals surface area contributed by atoms with Gasteiger partial charge < -0.3 is 9.64 Å². The number of amides is 1. The van der Waals surface area contributed by atoms with E-state index in [-0.39, 0.29) is 6.09 Å². The molecule has 1 aliphatic rings. The Bertz CT molecular complexity index is 362. The first-order chi connectivity index (χ1) is 7.36. The summed E-state index contributed by atoms with van der Waals surface area (Å²) < 4.78 is 5.14. The number of hydrogen-bond donors (Lipinski definition) is 0. The van der Waals surface area contributed by atoms with Crippen LogP contribution in [0.5, 0.6) is 5.75 Å². The first-order valence-corrected chi connectivity index (χ1v) is 4.88. The number of hydrogen-bond acceptors (Lipinski definition) is 3. The van der Waals surface area contributed by atoms with Crippen LogP contribution in [0.15, 0.2) is 36.7 Å². The van der Waals surface area contributed by atoms with Gasteiger partial charge in [0.2, 0.25) is 0 Å². The Kier molecular flexibility index (Phi) is 2.97. The summed E-state index contributed by atoms with van der Waals surface area (Å²) in [6.45, 7) is 1.34. The number of carbonyl (C=O) groups excluding carboxylic acids is 1. The minimum absolute atomic E-state index is 0.313.